The molecule has 2 rings (SSSR count). The lowest BCUT2D eigenvalue weighted by Crippen LogP contribution is -2.19. The number of rotatable bonds is 0. The monoisotopic (exact) mass is 152 g/mol. The van der Waals surface area contributed by atoms with E-state index in [-0.39, 0.29) is 0 Å². The summed E-state index contributed by atoms with van der Waals surface area (Å²) in [6, 6.07) is 0. The Balaban J connectivity index is 2.19. The first-order chi connectivity index (χ1) is 5.38. The van der Waals surface area contributed by atoms with Crippen molar-refractivity contribution in [3.63, 3.8) is 0 Å². The largest absolute Gasteiger partial charge is 0.231 e. The predicted molar refractivity (Wildman–Crippen MR) is 41.3 cm³/mol. The summed E-state index contributed by atoms with van der Waals surface area (Å²) in [6.45, 7) is 1.01. The number of hydrogen-bond donors (Lipinski definition) is 0. The van der Waals surface area contributed by atoms with Crippen LogP contribution in [0.5, 0.6) is 0 Å². The van der Waals surface area contributed by atoms with Crippen molar-refractivity contribution in [1.29, 1.82) is 0 Å². The van der Waals surface area contributed by atoms with Crippen LogP contribution in [0.1, 0.15) is 19.3 Å². The molecule has 0 spiro atoms. The summed E-state index contributed by atoms with van der Waals surface area (Å²) in [5, 5.41) is 11.7. The average Bonchev–Trinajstić information content (AvgIpc) is 2.25. The van der Waals surface area contributed by atoms with Gasteiger partial charge in [-0.25, -0.2) is 10.0 Å². The Bertz CT molecular complexity index is 208. The van der Waals surface area contributed by atoms with Crippen LogP contribution in [0, 0.1) is 0 Å². The van der Waals surface area contributed by atoms with Crippen LogP contribution in [0.4, 0.5) is 0 Å². The van der Waals surface area contributed by atoms with Crippen molar-refractivity contribution in [3.05, 3.63) is 11.9 Å². The van der Waals surface area contributed by atoms with Crippen molar-refractivity contribution in [1.82, 2.24) is 10.0 Å². The molecule has 60 valence electrons. The van der Waals surface area contributed by atoms with E-state index in [4.69, 9.17) is 0 Å². The molecule has 0 bridgehead atoms. The summed E-state index contributed by atoms with van der Waals surface area (Å²) in [5.41, 5.74) is 0. The third-order valence-corrected chi connectivity index (χ3v) is 2.03. The molecule has 4 nitrogen and oxygen atoms in total. The van der Waals surface area contributed by atoms with Crippen molar-refractivity contribution in [2.45, 2.75) is 19.3 Å². The normalized spacial score (nSPS) is 23.2. The molecule has 0 aromatic rings. The highest BCUT2D eigenvalue weighted by atomic mass is 15.8. The van der Waals surface area contributed by atoms with Gasteiger partial charge in [-0.05, 0) is 35.8 Å². The third kappa shape index (κ3) is 1.08. The van der Waals surface area contributed by atoms with Crippen molar-refractivity contribution in [2.24, 2.45) is 10.4 Å². The second-order valence-electron chi connectivity index (χ2n) is 2.88. The van der Waals surface area contributed by atoms with Crippen LogP contribution in [0.3, 0.4) is 0 Å². The molecule has 2 aliphatic rings. The molecule has 0 atom stereocenters. The van der Waals surface area contributed by atoms with E-state index in [1.807, 2.05) is 17.1 Å². The molecule has 0 unspecified atom stereocenters. The minimum absolute atomic E-state index is 1.01. The van der Waals surface area contributed by atoms with Gasteiger partial charge in [-0.15, -0.1) is 0 Å². The summed E-state index contributed by atoms with van der Waals surface area (Å²) in [5.74, 6) is 1.14. The fourth-order valence-corrected chi connectivity index (χ4v) is 1.40. The molecule has 2 aliphatic heterocycles. The Hall–Kier alpha value is -1.06. The molecule has 0 aromatic heterocycles. The molecule has 11 heavy (non-hydrogen) atoms. The van der Waals surface area contributed by atoms with Gasteiger partial charge in [0.15, 0.2) is 0 Å². The van der Waals surface area contributed by atoms with Gasteiger partial charge in [0, 0.05) is 13.6 Å². The van der Waals surface area contributed by atoms with Crippen molar-refractivity contribution >= 4 is 0 Å². The van der Waals surface area contributed by atoms with Crippen LogP contribution in [0.15, 0.2) is 22.3 Å². The second-order valence-corrected chi connectivity index (χ2v) is 2.88. The van der Waals surface area contributed by atoms with Crippen molar-refractivity contribution in [2.75, 3.05) is 13.6 Å². The smallest absolute Gasteiger partial charge is 0.144 e. The third-order valence-electron chi connectivity index (χ3n) is 2.03. The van der Waals surface area contributed by atoms with Crippen LogP contribution in [-0.4, -0.2) is 23.6 Å². The first kappa shape index (κ1) is 6.64. The molecule has 0 radical (unpaired) electrons. The molecule has 0 fully saturated rings. The number of fused-ring (bicyclic) bond motifs is 1. The zero-order valence-electron chi connectivity index (χ0n) is 6.69. The first-order valence-electron chi connectivity index (χ1n) is 4.01. The fraction of sp³-hybridized carbons (Fsp3) is 0.714. The van der Waals surface area contributed by atoms with Crippen molar-refractivity contribution < 1.29 is 0 Å². The second kappa shape index (κ2) is 2.53. The van der Waals surface area contributed by atoms with Gasteiger partial charge in [-0.1, -0.05) is 0 Å². The molecule has 0 N–H and O–H groups in total. The van der Waals surface area contributed by atoms with E-state index in [1.165, 1.54) is 12.8 Å². The highest BCUT2D eigenvalue weighted by molar-refractivity contribution is 5.01. The number of allylic oxidation sites excluding steroid dienone is 1. The Labute approximate surface area is 66.1 Å². The maximum Gasteiger partial charge on any atom is 0.144 e. The van der Waals surface area contributed by atoms with Gasteiger partial charge in [-0.2, -0.15) is 0 Å². The minimum Gasteiger partial charge on any atom is -0.231 e. The Morgan fingerprint density at radius 2 is 2.27 bits per heavy atom. The first-order valence-corrected chi connectivity index (χ1v) is 4.01. The van der Waals surface area contributed by atoms with Gasteiger partial charge < -0.3 is 0 Å². The van der Waals surface area contributed by atoms with Crippen LogP contribution in [0.2, 0.25) is 0 Å². The number of hydrogen-bond acceptors (Lipinski definition) is 4. The van der Waals surface area contributed by atoms with Crippen LogP contribution < -0.4 is 0 Å². The lowest BCUT2D eigenvalue weighted by molar-refractivity contribution is 0.330. The maximum absolute atomic E-state index is 4.01. The van der Waals surface area contributed by atoms with Crippen molar-refractivity contribution in [3.8, 4) is 0 Å². The van der Waals surface area contributed by atoms with Crippen LogP contribution in [0.25, 0.3) is 0 Å². The average molecular weight is 152 g/mol. The van der Waals surface area contributed by atoms with E-state index in [9.17, 15) is 0 Å². The topological polar surface area (TPSA) is 31.2 Å². The zero-order chi connectivity index (χ0) is 7.68. The molecular formula is C7H12N4. The SMILES string of the molecule is CN1N=NN2CCCCC=C12. The summed E-state index contributed by atoms with van der Waals surface area (Å²) >= 11 is 0. The van der Waals surface area contributed by atoms with E-state index >= 15 is 0 Å². The van der Waals surface area contributed by atoms with Gasteiger partial charge in [-0.3, -0.25) is 0 Å². The highest BCUT2D eigenvalue weighted by Gasteiger charge is 2.20. The number of nitrogens with zero attached hydrogens (tertiary/aromatic N) is 4. The van der Waals surface area contributed by atoms with Gasteiger partial charge in [0.2, 0.25) is 0 Å². The van der Waals surface area contributed by atoms with E-state index in [0.29, 0.717) is 0 Å². The molecule has 0 saturated heterocycles. The lowest BCUT2D eigenvalue weighted by Gasteiger charge is -2.14. The highest BCUT2D eigenvalue weighted by Crippen LogP contribution is 2.22. The van der Waals surface area contributed by atoms with Gasteiger partial charge in [0.25, 0.3) is 0 Å². The molecular weight excluding hydrogens is 140 g/mol. The summed E-state index contributed by atoms with van der Waals surface area (Å²) in [7, 11) is 1.93. The lowest BCUT2D eigenvalue weighted by atomic mass is 10.2. The molecule has 0 amide bonds. The fourth-order valence-electron chi connectivity index (χ4n) is 1.40. The molecule has 2 heterocycles. The molecule has 0 saturated carbocycles. The van der Waals surface area contributed by atoms with Gasteiger partial charge in [0.05, 0.1) is 0 Å². The standard InChI is InChI=1S/C7H12N4/c1-10-7-5-3-2-4-6-11(7)9-8-10/h5H,2-4,6H2,1H3. The Morgan fingerprint density at radius 3 is 3.18 bits per heavy atom. The molecule has 0 aliphatic carbocycles. The predicted octanol–water partition coefficient (Wildman–Crippen LogP) is 1.54. The molecule has 0 aromatic carbocycles. The van der Waals surface area contributed by atoms with Gasteiger partial charge >= 0.3 is 0 Å². The minimum atomic E-state index is 1.01. The summed E-state index contributed by atoms with van der Waals surface area (Å²) in [6.07, 6.45) is 5.84. The van der Waals surface area contributed by atoms with E-state index < -0.39 is 0 Å². The van der Waals surface area contributed by atoms with E-state index in [0.717, 1.165) is 18.8 Å². The zero-order valence-corrected chi connectivity index (χ0v) is 6.69. The Morgan fingerprint density at radius 1 is 1.36 bits per heavy atom. The quantitative estimate of drug-likeness (QED) is 0.527. The summed E-state index contributed by atoms with van der Waals surface area (Å²) in [4.78, 5) is 0. The maximum atomic E-state index is 4.01. The molecule has 4 heteroatoms. The summed E-state index contributed by atoms with van der Waals surface area (Å²) < 4.78 is 0. The van der Waals surface area contributed by atoms with E-state index in [2.05, 4.69) is 16.5 Å². The van der Waals surface area contributed by atoms with E-state index in [1.54, 1.807) is 0 Å². The Kier molecular flexibility index (Phi) is 1.52. The van der Waals surface area contributed by atoms with Crippen LogP contribution >= 0.6 is 0 Å². The van der Waals surface area contributed by atoms with Gasteiger partial charge in [0.1, 0.15) is 5.82 Å². The van der Waals surface area contributed by atoms with Crippen LogP contribution in [-0.2, 0) is 0 Å².